The van der Waals surface area contributed by atoms with Crippen LogP contribution >= 0.6 is 0 Å². The van der Waals surface area contributed by atoms with Crippen LogP contribution in [0.1, 0.15) is 20.3 Å². The van der Waals surface area contributed by atoms with Crippen molar-refractivity contribution in [3.63, 3.8) is 0 Å². The predicted octanol–water partition coefficient (Wildman–Crippen LogP) is 0.570. The van der Waals surface area contributed by atoms with Crippen LogP contribution in [0.4, 0.5) is 0 Å². The largest absolute Gasteiger partial charge is 0.480 e. The fraction of sp³-hybridized carbons (Fsp3) is 0.889. The summed E-state index contributed by atoms with van der Waals surface area (Å²) in [5.41, 5.74) is 0. The van der Waals surface area contributed by atoms with Gasteiger partial charge < -0.3 is 9.84 Å². The van der Waals surface area contributed by atoms with Gasteiger partial charge >= 0.3 is 5.97 Å². The standard InChI is InChI=1S/C9H17NO3/c1-7(2)10(5-9(11)12)8-3-4-13-6-8/h7-8H,3-6H2,1-2H3,(H,11,12). The quantitative estimate of drug-likeness (QED) is 0.699. The molecule has 1 N–H and O–H groups in total. The van der Waals surface area contributed by atoms with Crippen LogP contribution in [-0.4, -0.2) is 47.8 Å². The Kier molecular flexibility index (Phi) is 3.69. The maximum absolute atomic E-state index is 10.6. The van der Waals surface area contributed by atoms with Crippen LogP contribution < -0.4 is 0 Å². The Balaban J connectivity index is 2.50. The number of hydrogen-bond donors (Lipinski definition) is 1. The van der Waals surface area contributed by atoms with E-state index in [-0.39, 0.29) is 18.6 Å². The summed E-state index contributed by atoms with van der Waals surface area (Å²) in [7, 11) is 0. The summed E-state index contributed by atoms with van der Waals surface area (Å²) in [5, 5.41) is 8.71. The Labute approximate surface area is 78.5 Å². The molecule has 1 saturated heterocycles. The second kappa shape index (κ2) is 4.58. The van der Waals surface area contributed by atoms with E-state index >= 15 is 0 Å². The molecule has 0 bridgehead atoms. The number of carbonyl (C=O) groups is 1. The van der Waals surface area contributed by atoms with Gasteiger partial charge in [-0.25, -0.2) is 0 Å². The van der Waals surface area contributed by atoms with E-state index in [4.69, 9.17) is 9.84 Å². The normalized spacial score (nSPS) is 22.9. The molecular weight excluding hydrogens is 170 g/mol. The molecule has 0 aliphatic carbocycles. The molecule has 1 aliphatic heterocycles. The molecule has 1 unspecified atom stereocenters. The lowest BCUT2D eigenvalue weighted by Crippen LogP contribution is -2.43. The topological polar surface area (TPSA) is 49.8 Å². The highest BCUT2D eigenvalue weighted by atomic mass is 16.5. The van der Waals surface area contributed by atoms with Gasteiger partial charge in [-0.15, -0.1) is 0 Å². The van der Waals surface area contributed by atoms with Crippen molar-refractivity contribution in [2.75, 3.05) is 19.8 Å². The van der Waals surface area contributed by atoms with Crippen molar-refractivity contribution in [1.82, 2.24) is 4.90 Å². The number of carboxylic acid groups (broad SMARTS) is 1. The molecule has 1 atom stereocenters. The molecule has 0 aromatic carbocycles. The predicted molar refractivity (Wildman–Crippen MR) is 48.7 cm³/mol. The van der Waals surface area contributed by atoms with Crippen molar-refractivity contribution in [2.45, 2.75) is 32.4 Å². The van der Waals surface area contributed by atoms with Gasteiger partial charge in [0.05, 0.1) is 13.2 Å². The second-order valence-corrected chi connectivity index (χ2v) is 3.68. The van der Waals surface area contributed by atoms with Crippen LogP contribution in [0.3, 0.4) is 0 Å². The highest BCUT2D eigenvalue weighted by Crippen LogP contribution is 2.14. The minimum Gasteiger partial charge on any atom is -0.480 e. The molecule has 13 heavy (non-hydrogen) atoms. The molecule has 0 spiro atoms. The van der Waals surface area contributed by atoms with Gasteiger partial charge in [-0.05, 0) is 20.3 Å². The zero-order valence-corrected chi connectivity index (χ0v) is 8.19. The van der Waals surface area contributed by atoms with Crippen LogP contribution in [0.25, 0.3) is 0 Å². The van der Waals surface area contributed by atoms with E-state index in [0.717, 1.165) is 13.0 Å². The van der Waals surface area contributed by atoms with E-state index < -0.39 is 5.97 Å². The highest BCUT2D eigenvalue weighted by Gasteiger charge is 2.26. The molecule has 4 nitrogen and oxygen atoms in total. The van der Waals surface area contributed by atoms with Crippen molar-refractivity contribution in [3.05, 3.63) is 0 Å². The number of aliphatic carboxylic acids is 1. The molecule has 1 heterocycles. The third-order valence-electron chi connectivity index (χ3n) is 2.36. The lowest BCUT2D eigenvalue weighted by molar-refractivity contribution is -0.139. The lowest BCUT2D eigenvalue weighted by Gasteiger charge is -2.29. The third kappa shape index (κ3) is 2.97. The van der Waals surface area contributed by atoms with E-state index in [9.17, 15) is 4.79 Å². The van der Waals surface area contributed by atoms with Gasteiger partial charge in [0, 0.05) is 18.7 Å². The van der Waals surface area contributed by atoms with Crippen LogP contribution in [0.15, 0.2) is 0 Å². The average molecular weight is 187 g/mol. The van der Waals surface area contributed by atoms with Crippen molar-refractivity contribution in [1.29, 1.82) is 0 Å². The smallest absolute Gasteiger partial charge is 0.317 e. The zero-order valence-electron chi connectivity index (χ0n) is 8.19. The highest BCUT2D eigenvalue weighted by molar-refractivity contribution is 5.69. The van der Waals surface area contributed by atoms with Gasteiger partial charge in [-0.3, -0.25) is 9.69 Å². The minimum atomic E-state index is -0.763. The molecule has 1 aliphatic rings. The Hall–Kier alpha value is -0.610. The fourth-order valence-electron chi connectivity index (χ4n) is 1.67. The van der Waals surface area contributed by atoms with Gasteiger partial charge in [0.15, 0.2) is 0 Å². The minimum absolute atomic E-state index is 0.117. The number of hydrogen-bond acceptors (Lipinski definition) is 3. The molecular formula is C9H17NO3. The summed E-state index contributed by atoms with van der Waals surface area (Å²) in [5.74, 6) is -0.763. The number of rotatable bonds is 4. The second-order valence-electron chi connectivity index (χ2n) is 3.68. The maximum atomic E-state index is 10.6. The van der Waals surface area contributed by atoms with Gasteiger partial charge in [0.2, 0.25) is 0 Å². The summed E-state index contributed by atoms with van der Waals surface area (Å²) in [6.45, 7) is 5.58. The molecule has 0 saturated carbocycles. The first kappa shape index (κ1) is 10.5. The van der Waals surface area contributed by atoms with E-state index in [1.165, 1.54) is 0 Å². The van der Waals surface area contributed by atoms with Crippen LogP contribution in [0, 0.1) is 0 Å². The fourth-order valence-corrected chi connectivity index (χ4v) is 1.67. The molecule has 0 aromatic heterocycles. The van der Waals surface area contributed by atoms with E-state index in [2.05, 4.69) is 0 Å². The summed E-state index contributed by atoms with van der Waals surface area (Å²) >= 11 is 0. The maximum Gasteiger partial charge on any atom is 0.317 e. The van der Waals surface area contributed by atoms with E-state index in [1.807, 2.05) is 18.7 Å². The van der Waals surface area contributed by atoms with Crippen LogP contribution in [0.5, 0.6) is 0 Å². The molecule has 1 rings (SSSR count). The zero-order chi connectivity index (χ0) is 9.84. The van der Waals surface area contributed by atoms with Gasteiger partial charge in [-0.1, -0.05) is 0 Å². The summed E-state index contributed by atoms with van der Waals surface area (Å²) in [4.78, 5) is 12.6. The average Bonchev–Trinajstić information content (AvgIpc) is 2.50. The molecule has 1 fully saturated rings. The van der Waals surface area contributed by atoms with Crippen LogP contribution in [-0.2, 0) is 9.53 Å². The Morgan fingerprint density at radius 1 is 1.69 bits per heavy atom. The summed E-state index contributed by atoms with van der Waals surface area (Å²) < 4.78 is 5.24. The first-order chi connectivity index (χ1) is 6.11. The lowest BCUT2D eigenvalue weighted by atomic mass is 10.2. The van der Waals surface area contributed by atoms with Crippen LogP contribution in [0.2, 0.25) is 0 Å². The third-order valence-corrected chi connectivity index (χ3v) is 2.36. The van der Waals surface area contributed by atoms with Crippen molar-refractivity contribution in [2.24, 2.45) is 0 Å². The molecule has 76 valence electrons. The Morgan fingerprint density at radius 3 is 2.77 bits per heavy atom. The molecule has 4 heteroatoms. The molecule has 0 amide bonds. The monoisotopic (exact) mass is 187 g/mol. The van der Waals surface area contributed by atoms with Gasteiger partial charge in [0.1, 0.15) is 0 Å². The summed E-state index contributed by atoms with van der Waals surface area (Å²) in [6, 6.07) is 0.555. The van der Waals surface area contributed by atoms with Crippen molar-refractivity contribution >= 4 is 5.97 Å². The molecule has 0 radical (unpaired) electrons. The SMILES string of the molecule is CC(C)N(CC(=O)O)C1CCOC1. The summed E-state index contributed by atoms with van der Waals surface area (Å²) in [6.07, 6.45) is 0.950. The van der Waals surface area contributed by atoms with Crippen molar-refractivity contribution in [3.8, 4) is 0 Å². The first-order valence-electron chi connectivity index (χ1n) is 4.66. The first-order valence-corrected chi connectivity index (χ1v) is 4.66. The van der Waals surface area contributed by atoms with Crippen molar-refractivity contribution < 1.29 is 14.6 Å². The van der Waals surface area contributed by atoms with Gasteiger partial charge in [0.25, 0.3) is 0 Å². The number of nitrogens with zero attached hydrogens (tertiary/aromatic N) is 1. The molecule has 0 aromatic rings. The number of carboxylic acids is 1. The van der Waals surface area contributed by atoms with Gasteiger partial charge in [-0.2, -0.15) is 0 Å². The van der Waals surface area contributed by atoms with E-state index in [0.29, 0.717) is 6.61 Å². The Bertz CT molecular complexity index is 176. The van der Waals surface area contributed by atoms with E-state index in [1.54, 1.807) is 0 Å². The number of ether oxygens (including phenoxy) is 1. The Morgan fingerprint density at radius 2 is 2.38 bits per heavy atom.